The summed E-state index contributed by atoms with van der Waals surface area (Å²) in [7, 11) is 2.15. The fraction of sp³-hybridized carbons (Fsp3) is 0.286. The van der Waals surface area contributed by atoms with E-state index in [1.54, 1.807) is 0 Å². The summed E-state index contributed by atoms with van der Waals surface area (Å²) in [6, 6.07) is 8.23. The van der Waals surface area contributed by atoms with Crippen LogP contribution in [0.3, 0.4) is 0 Å². The molecule has 0 saturated heterocycles. The molecule has 1 aromatic carbocycles. The van der Waals surface area contributed by atoms with Gasteiger partial charge in [0.05, 0.1) is 6.26 Å². The molecular weight excluding hydrogens is 198 g/mol. The number of furan rings is 1. The first-order valence-corrected chi connectivity index (χ1v) is 5.69. The second-order valence-electron chi connectivity index (χ2n) is 4.39. The Labute approximate surface area is 95.2 Å². The molecule has 0 unspecified atom stereocenters. The molecule has 2 aromatic rings. The van der Waals surface area contributed by atoms with E-state index in [2.05, 4.69) is 30.2 Å². The van der Waals surface area contributed by atoms with Gasteiger partial charge in [0.1, 0.15) is 5.58 Å². The van der Waals surface area contributed by atoms with Crippen LogP contribution in [0.1, 0.15) is 12.0 Å². The Kier molecular flexibility index (Phi) is 2.29. The summed E-state index contributed by atoms with van der Waals surface area (Å²) in [5.74, 6) is 0. The SMILES string of the molecule is CN1CC=C(c2coc3ccccc23)CC1. The lowest BCUT2D eigenvalue weighted by Crippen LogP contribution is -2.23. The summed E-state index contributed by atoms with van der Waals surface area (Å²) in [6.07, 6.45) is 5.31. The molecule has 1 aromatic heterocycles. The molecule has 0 N–H and O–H groups in total. The summed E-state index contributed by atoms with van der Waals surface area (Å²) in [6.45, 7) is 2.17. The van der Waals surface area contributed by atoms with Crippen molar-refractivity contribution in [2.24, 2.45) is 0 Å². The highest BCUT2D eigenvalue weighted by Gasteiger charge is 2.13. The lowest BCUT2D eigenvalue weighted by Gasteiger charge is -2.21. The number of hydrogen-bond acceptors (Lipinski definition) is 2. The summed E-state index contributed by atoms with van der Waals surface area (Å²) >= 11 is 0. The molecule has 2 nitrogen and oxygen atoms in total. The van der Waals surface area contributed by atoms with Crippen LogP contribution in [0.4, 0.5) is 0 Å². The fourth-order valence-electron chi connectivity index (χ4n) is 2.24. The summed E-state index contributed by atoms with van der Waals surface area (Å²) in [4.78, 5) is 2.33. The normalized spacial score (nSPS) is 17.7. The molecule has 3 rings (SSSR count). The number of para-hydroxylation sites is 1. The molecule has 0 aliphatic carbocycles. The number of benzene rings is 1. The minimum Gasteiger partial charge on any atom is -0.464 e. The highest BCUT2D eigenvalue weighted by atomic mass is 16.3. The van der Waals surface area contributed by atoms with E-state index < -0.39 is 0 Å². The quantitative estimate of drug-likeness (QED) is 0.723. The van der Waals surface area contributed by atoms with Crippen molar-refractivity contribution in [1.29, 1.82) is 0 Å². The number of rotatable bonds is 1. The van der Waals surface area contributed by atoms with Gasteiger partial charge in [0.25, 0.3) is 0 Å². The van der Waals surface area contributed by atoms with Gasteiger partial charge < -0.3 is 9.32 Å². The third kappa shape index (κ3) is 1.55. The largest absolute Gasteiger partial charge is 0.464 e. The maximum atomic E-state index is 5.57. The van der Waals surface area contributed by atoms with Gasteiger partial charge in [0.15, 0.2) is 0 Å². The van der Waals surface area contributed by atoms with Crippen molar-refractivity contribution in [3.05, 3.63) is 42.2 Å². The van der Waals surface area contributed by atoms with Crippen molar-refractivity contribution >= 4 is 16.5 Å². The van der Waals surface area contributed by atoms with Crippen LogP contribution < -0.4 is 0 Å². The summed E-state index contributed by atoms with van der Waals surface area (Å²) < 4.78 is 5.57. The lowest BCUT2D eigenvalue weighted by atomic mass is 9.99. The monoisotopic (exact) mass is 213 g/mol. The predicted molar refractivity (Wildman–Crippen MR) is 66.3 cm³/mol. The molecule has 0 radical (unpaired) electrons. The van der Waals surface area contributed by atoms with Crippen LogP contribution >= 0.6 is 0 Å². The van der Waals surface area contributed by atoms with E-state index in [1.165, 1.54) is 16.5 Å². The van der Waals surface area contributed by atoms with Crippen LogP contribution in [0, 0.1) is 0 Å². The first kappa shape index (κ1) is 9.67. The first-order valence-electron chi connectivity index (χ1n) is 5.69. The van der Waals surface area contributed by atoms with Gasteiger partial charge in [-0.2, -0.15) is 0 Å². The Balaban J connectivity index is 2.06. The van der Waals surface area contributed by atoms with Crippen LogP contribution in [-0.2, 0) is 0 Å². The molecule has 0 bridgehead atoms. The van der Waals surface area contributed by atoms with Gasteiger partial charge in [-0.1, -0.05) is 24.3 Å². The van der Waals surface area contributed by atoms with E-state index in [-0.39, 0.29) is 0 Å². The molecular formula is C14H15NO. The fourth-order valence-corrected chi connectivity index (χ4v) is 2.24. The number of fused-ring (bicyclic) bond motifs is 1. The molecule has 0 atom stereocenters. The van der Waals surface area contributed by atoms with Gasteiger partial charge in [0.2, 0.25) is 0 Å². The molecule has 0 fully saturated rings. The summed E-state index contributed by atoms with van der Waals surface area (Å²) in [5, 5.41) is 1.23. The van der Waals surface area contributed by atoms with E-state index in [1.807, 2.05) is 18.4 Å². The van der Waals surface area contributed by atoms with E-state index >= 15 is 0 Å². The molecule has 0 amide bonds. The Morgan fingerprint density at radius 2 is 2.12 bits per heavy atom. The van der Waals surface area contributed by atoms with Crippen LogP contribution in [0.2, 0.25) is 0 Å². The van der Waals surface area contributed by atoms with Crippen molar-refractivity contribution < 1.29 is 4.42 Å². The summed E-state index contributed by atoms with van der Waals surface area (Å²) in [5.41, 5.74) is 3.67. The van der Waals surface area contributed by atoms with Crippen LogP contribution in [0.25, 0.3) is 16.5 Å². The van der Waals surface area contributed by atoms with Crippen molar-refractivity contribution in [3.8, 4) is 0 Å². The molecule has 1 aliphatic heterocycles. The van der Waals surface area contributed by atoms with Gasteiger partial charge >= 0.3 is 0 Å². The highest BCUT2D eigenvalue weighted by Crippen LogP contribution is 2.30. The minimum atomic E-state index is 0.984. The maximum absolute atomic E-state index is 5.57. The number of likely N-dealkylation sites (N-methyl/N-ethyl adjacent to an activating group) is 1. The third-order valence-corrected chi connectivity index (χ3v) is 3.24. The van der Waals surface area contributed by atoms with Gasteiger partial charge in [-0.15, -0.1) is 0 Å². The van der Waals surface area contributed by atoms with E-state index in [9.17, 15) is 0 Å². The maximum Gasteiger partial charge on any atom is 0.134 e. The Bertz CT molecular complexity index is 538. The van der Waals surface area contributed by atoms with Gasteiger partial charge in [-0.25, -0.2) is 0 Å². The van der Waals surface area contributed by atoms with Crippen molar-refractivity contribution in [1.82, 2.24) is 4.90 Å². The van der Waals surface area contributed by atoms with Gasteiger partial charge in [-0.05, 0) is 25.1 Å². The van der Waals surface area contributed by atoms with Crippen LogP contribution in [0.5, 0.6) is 0 Å². The third-order valence-electron chi connectivity index (χ3n) is 3.24. The van der Waals surface area contributed by atoms with Crippen molar-refractivity contribution in [2.75, 3.05) is 20.1 Å². The molecule has 82 valence electrons. The van der Waals surface area contributed by atoms with E-state index in [4.69, 9.17) is 4.42 Å². The predicted octanol–water partition coefficient (Wildman–Crippen LogP) is 3.15. The Hall–Kier alpha value is -1.54. The Morgan fingerprint density at radius 3 is 2.94 bits per heavy atom. The molecule has 1 aliphatic rings. The molecule has 0 saturated carbocycles. The lowest BCUT2D eigenvalue weighted by molar-refractivity contribution is 0.370. The van der Waals surface area contributed by atoms with Gasteiger partial charge in [0, 0.05) is 24.0 Å². The zero-order valence-electron chi connectivity index (χ0n) is 9.44. The van der Waals surface area contributed by atoms with Crippen molar-refractivity contribution in [2.45, 2.75) is 6.42 Å². The van der Waals surface area contributed by atoms with Crippen LogP contribution in [0.15, 0.2) is 41.0 Å². The van der Waals surface area contributed by atoms with E-state index in [0.29, 0.717) is 0 Å². The first-order chi connectivity index (χ1) is 7.84. The molecule has 16 heavy (non-hydrogen) atoms. The highest BCUT2D eigenvalue weighted by molar-refractivity contribution is 5.91. The average molecular weight is 213 g/mol. The topological polar surface area (TPSA) is 16.4 Å². The molecule has 0 spiro atoms. The second-order valence-corrected chi connectivity index (χ2v) is 4.39. The number of nitrogens with zero attached hydrogens (tertiary/aromatic N) is 1. The van der Waals surface area contributed by atoms with Gasteiger partial charge in [-0.3, -0.25) is 0 Å². The molecule has 2 heterocycles. The standard InChI is InChI=1S/C14H15NO/c1-15-8-6-11(7-9-15)13-10-16-14-5-3-2-4-12(13)14/h2-6,10H,7-9H2,1H3. The minimum absolute atomic E-state index is 0.984. The zero-order chi connectivity index (χ0) is 11.0. The Morgan fingerprint density at radius 1 is 1.25 bits per heavy atom. The van der Waals surface area contributed by atoms with E-state index in [0.717, 1.165) is 25.1 Å². The molecule has 2 heteroatoms. The average Bonchev–Trinajstić information content (AvgIpc) is 2.74. The van der Waals surface area contributed by atoms with Crippen LogP contribution in [-0.4, -0.2) is 25.0 Å². The second kappa shape index (κ2) is 3.80. The number of hydrogen-bond donors (Lipinski definition) is 0. The smallest absolute Gasteiger partial charge is 0.134 e. The zero-order valence-corrected chi connectivity index (χ0v) is 9.44. The van der Waals surface area contributed by atoms with Crippen molar-refractivity contribution in [3.63, 3.8) is 0 Å².